The van der Waals surface area contributed by atoms with Crippen LogP contribution in [-0.4, -0.2) is 41.4 Å². The largest absolute Gasteiger partial charge is 0.322 e. The van der Waals surface area contributed by atoms with E-state index in [-0.39, 0.29) is 22.3 Å². The van der Waals surface area contributed by atoms with Crippen LogP contribution < -0.4 is 10.2 Å². The van der Waals surface area contributed by atoms with Gasteiger partial charge in [0.15, 0.2) is 12.1 Å². The quantitative estimate of drug-likeness (QED) is 0.773. The molecule has 2 aliphatic rings. The first-order valence-electron chi connectivity index (χ1n) is 8.31. The van der Waals surface area contributed by atoms with Gasteiger partial charge in [-0.2, -0.15) is 5.11 Å². The maximum Gasteiger partial charge on any atom is 0.263 e. The van der Waals surface area contributed by atoms with Crippen LogP contribution in [0.25, 0.3) is 0 Å². The third kappa shape index (κ3) is 3.10. The third-order valence-electron chi connectivity index (χ3n) is 4.41. The Bertz CT molecular complexity index is 978. The average molecular weight is 418 g/mol. The molecule has 0 aliphatic carbocycles. The Morgan fingerprint density at radius 3 is 2.36 bits per heavy atom. The lowest BCUT2D eigenvalue weighted by molar-refractivity contribution is -0.123. The molecule has 0 unspecified atom stereocenters. The van der Waals surface area contributed by atoms with Crippen LogP contribution in [0, 0.1) is 0 Å². The van der Waals surface area contributed by atoms with Gasteiger partial charge < -0.3 is 5.32 Å². The summed E-state index contributed by atoms with van der Waals surface area (Å²) < 4.78 is 0. The minimum Gasteiger partial charge on any atom is -0.322 e. The van der Waals surface area contributed by atoms with E-state index < -0.39 is 29.8 Å². The number of nitrogens with zero attached hydrogens (tertiary/aromatic N) is 4. The topological polar surface area (TPSA) is 94.4 Å². The fourth-order valence-electron chi connectivity index (χ4n) is 3.13. The number of carbonyl (C=O) groups excluding carboxylic acids is 3. The number of hydrogen-bond donors (Lipinski definition) is 1. The van der Waals surface area contributed by atoms with Crippen molar-refractivity contribution in [2.24, 2.45) is 10.3 Å². The number of amides is 3. The highest BCUT2D eigenvalue weighted by atomic mass is 35.5. The van der Waals surface area contributed by atoms with Crippen LogP contribution in [0.3, 0.4) is 0 Å². The molecule has 142 valence electrons. The minimum absolute atomic E-state index is 0.267. The average Bonchev–Trinajstić information content (AvgIpc) is 3.19. The lowest BCUT2D eigenvalue weighted by Crippen LogP contribution is -2.43. The number of anilines is 2. The monoisotopic (exact) mass is 417 g/mol. The molecule has 0 bridgehead atoms. The molecule has 0 aromatic heterocycles. The number of nitrogens with one attached hydrogen (secondary N) is 1. The summed E-state index contributed by atoms with van der Waals surface area (Å²) in [6.07, 6.45) is 0. The van der Waals surface area contributed by atoms with Crippen molar-refractivity contribution < 1.29 is 14.4 Å². The molecule has 2 aromatic carbocycles. The van der Waals surface area contributed by atoms with Crippen molar-refractivity contribution in [3.05, 3.63) is 58.6 Å². The van der Waals surface area contributed by atoms with Gasteiger partial charge in [0, 0.05) is 0 Å². The molecule has 28 heavy (non-hydrogen) atoms. The summed E-state index contributed by atoms with van der Waals surface area (Å²) in [5, 5.41) is 12.1. The molecule has 0 saturated carbocycles. The highest BCUT2D eigenvalue weighted by Gasteiger charge is 2.55. The number of hydrogen-bond acceptors (Lipinski definition) is 6. The van der Waals surface area contributed by atoms with Crippen molar-refractivity contribution in [2.75, 3.05) is 16.8 Å². The fourth-order valence-corrected chi connectivity index (χ4v) is 3.62. The van der Waals surface area contributed by atoms with Crippen LogP contribution in [0.5, 0.6) is 0 Å². The molecule has 1 saturated heterocycles. The Morgan fingerprint density at radius 2 is 1.68 bits per heavy atom. The van der Waals surface area contributed by atoms with E-state index in [9.17, 15) is 14.4 Å². The second-order valence-electron chi connectivity index (χ2n) is 6.18. The van der Waals surface area contributed by atoms with Crippen LogP contribution in [-0.2, 0) is 14.4 Å². The molecule has 0 radical (unpaired) electrons. The molecule has 2 atom stereocenters. The summed E-state index contributed by atoms with van der Waals surface area (Å²) in [5.74, 6) is -1.44. The molecule has 1 N–H and O–H groups in total. The molecule has 2 aromatic rings. The van der Waals surface area contributed by atoms with Crippen LogP contribution in [0.4, 0.5) is 11.4 Å². The van der Waals surface area contributed by atoms with E-state index in [1.807, 2.05) is 0 Å². The Morgan fingerprint density at radius 1 is 1.00 bits per heavy atom. The minimum atomic E-state index is -0.968. The number of imide groups is 1. The lowest BCUT2D eigenvalue weighted by Gasteiger charge is -2.20. The van der Waals surface area contributed by atoms with E-state index >= 15 is 0 Å². The van der Waals surface area contributed by atoms with Gasteiger partial charge in [0.05, 0.1) is 21.4 Å². The molecular formula is C18H13Cl2N5O3. The second kappa shape index (κ2) is 7.21. The zero-order valence-corrected chi connectivity index (χ0v) is 15.8. The molecule has 10 heteroatoms. The number of carbonyl (C=O) groups is 3. The van der Waals surface area contributed by atoms with Crippen molar-refractivity contribution in [1.29, 1.82) is 0 Å². The predicted octanol–water partition coefficient (Wildman–Crippen LogP) is 2.93. The smallest absolute Gasteiger partial charge is 0.263 e. The van der Waals surface area contributed by atoms with E-state index in [0.717, 1.165) is 4.90 Å². The van der Waals surface area contributed by atoms with Crippen molar-refractivity contribution in [1.82, 2.24) is 5.01 Å². The lowest BCUT2D eigenvalue weighted by atomic mass is 10.1. The van der Waals surface area contributed by atoms with E-state index in [1.54, 1.807) is 48.5 Å². The molecule has 2 heterocycles. The van der Waals surface area contributed by atoms with Gasteiger partial charge in [-0.3, -0.25) is 19.4 Å². The van der Waals surface area contributed by atoms with Crippen LogP contribution in [0.2, 0.25) is 10.0 Å². The molecule has 8 nitrogen and oxygen atoms in total. The van der Waals surface area contributed by atoms with Crippen molar-refractivity contribution >= 4 is 52.3 Å². The maximum absolute atomic E-state index is 12.8. The highest BCUT2D eigenvalue weighted by molar-refractivity contribution is 6.39. The first-order chi connectivity index (χ1) is 13.5. The number of para-hydroxylation sites is 2. The van der Waals surface area contributed by atoms with Gasteiger partial charge in [-0.05, 0) is 24.3 Å². The second-order valence-corrected chi connectivity index (χ2v) is 7.00. The number of halogens is 2. The van der Waals surface area contributed by atoms with Gasteiger partial charge in [-0.25, -0.2) is 4.90 Å². The standard InChI is InChI=1S/C18H13Cl2N5O3/c19-11-7-4-8-12(20)14(11)21-13(26)9-24-16-15(22-23-24)17(27)25(18(16)28)10-5-2-1-3-6-10/h1-8,15-16H,9H2,(H,21,26)/t15-,16-/m1/s1. The zero-order chi connectivity index (χ0) is 19.8. The Hall–Kier alpha value is -2.97. The molecule has 2 aliphatic heterocycles. The molecule has 3 amide bonds. The van der Waals surface area contributed by atoms with Crippen molar-refractivity contribution in [2.45, 2.75) is 12.1 Å². The Balaban J connectivity index is 1.50. The van der Waals surface area contributed by atoms with Crippen LogP contribution >= 0.6 is 23.2 Å². The van der Waals surface area contributed by atoms with E-state index in [4.69, 9.17) is 23.2 Å². The van der Waals surface area contributed by atoms with Gasteiger partial charge in [-0.15, -0.1) is 0 Å². The molecular weight excluding hydrogens is 405 g/mol. The number of benzene rings is 2. The van der Waals surface area contributed by atoms with Gasteiger partial charge in [0.1, 0.15) is 6.54 Å². The number of rotatable bonds is 4. The molecule has 1 fully saturated rings. The summed E-state index contributed by atoms with van der Waals surface area (Å²) in [6, 6.07) is 11.5. The Labute approximate surface area is 169 Å². The summed E-state index contributed by atoms with van der Waals surface area (Å²) in [5.41, 5.74) is 0.720. The summed E-state index contributed by atoms with van der Waals surface area (Å²) >= 11 is 12.1. The van der Waals surface area contributed by atoms with E-state index in [1.165, 1.54) is 5.01 Å². The van der Waals surface area contributed by atoms with Crippen molar-refractivity contribution in [3.63, 3.8) is 0 Å². The van der Waals surface area contributed by atoms with Crippen LogP contribution in [0.1, 0.15) is 0 Å². The van der Waals surface area contributed by atoms with E-state index in [2.05, 4.69) is 15.7 Å². The predicted molar refractivity (Wildman–Crippen MR) is 103 cm³/mol. The molecule has 4 rings (SSSR count). The fraction of sp³-hybridized carbons (Fsp3) is 0.167. The highest BCUT2D eigenvalue weighted by Crippen LogP contribution is 2.32. The van der Waals surface area contributed by atoms with Gasteiger partial charge in [0.25, 0.3) is 11.8 Å². The van der Waals surface area contributed by atoms with Gasteiger partial charge >= 0.3 is 0 Å². The first-order valence-corrected chi connectivity index (χ1v) is 9.07. The van der Waals surface area contributed by atoms with Crippen LogP contribution in [0.15, 0.2) is 58.9 Å². The summed E-state index contributed by atoms with van der Waals surface area (Å²) in [4.78, 5) is 38.9. The maximum atomic E-state index is 12.8. The summed E-state index contributed by atoms with van der Waals surface area (Å²) in [7, 11) is 0. The van der Waals surface area contributed by atoms with E-state index in [0.29, 0.717) is 5.69 Å². The molecule has 0 spiro atoms. The van der Waals surface area contributed by atoms with Crippen molar-refractivity contribution in [3.8, 4) is 0 Å². The number of fused-ring (bicyclic) bond motifs is 1. The normalized spacial score (nSPS) is 20.6. The van der Waals surface area contributed by atoms with Gasteiger partial charge in [0.2, 0.25) is 5.91 Å². The zero-order valence-electron chi connectivity index (χ0n) is 14.3. The van der Waals surface area contributed by atoms with Gasteiger partial charge in [-0.1, -0.05) is 52.7 Å². The summed E-state index contributed by atoms with van der Waals surface area (Å²) in [6.45, 7) is -0.284. The first kappa shape index (κ1) is 18.4. The third-order valence-corrected chi connectivity index (χ3v) is 5.04. The SMILES string of the molecule is O=C(CN1N=N[C@H]2C(=O)N(c3ccccc3)C(=O)[C@@H]21)Nc1c(Cl)cccc1Cl. The Kier molecular flexibility index (Phi) is 4.74.